The summed E-state index contributed by atoms with van der Waals surface area (Å²) in [7, 11) is 0. The largest absolute Gasteiger partial charge is 0.350 e. The molecule has 1 unspecified atom stereocenters. The first-order chi connectivity index (χ1) is 9.66. The monoisotopic (exact) mass is 273 g/mol. The molecule has 7 heteroatoms. The highest BCUT2D eigenvalue weighted by atomic mass is 16.2. The van der Waals surface area contributed by atoms with E-state index in [0.29, 0.717) is 12.4 Å². The van der Waals surface area contributed by atoms with Gasteiger partial charge in [-0.05, 0) is 5.56 Å². The van der Waals surface area contributed by atoms with Gasteiger partial charge >= 0.3 is 0 Å². The van der Waals surface area contributed by atoms with Gasteiger partial charge in [0.15, 0.2) is 11.9 Å². The highest BCUT2D eigenvalue weighted by Crippen LogP contribution is 2.07. The second-order valence-corrected chi connectivity index (χ2v) is 4.21. The summed E-state index contributed by atoms with van der Waals surface area (Å²) in [5.41, 5.74) is 0.972. The van der Waals surface area contributed by atoms with E-state index < -0.39 is 6.04 Å². The fraction of sp³-hybridized carbons (Fsp3) is 0.231. The zero-order valence-corrected chi connectivity index (χ0v) is 11.0. The van der Waals surface area contributed by atoms with Crippen molar-refractivity contribution in [3.8, 4) is 0 Å². The van der Waals surface area contributed by atoms with Gasteiger partial charge in [0.25, 0.3) is 5.91 Å². The van der Waals surface area contributed by atoms with E-state index in [0.717, 1.165) is 5.56 Å². The predicted molar refractivity (Wildman–Crippen MR) is 71.2 cm³/mol. The van der Waals surface area contributed by atoms with Crippen molar-refractivity contribution in [1.29, 1.82) is 0 Å². The number of amides is 2. The molecule has 7 nitrogen and oxygen atoms in total. The Morgan fingerprint density at radius 2 is 2.05 bits per heavy atom. The van der Waals surface area contributed by atoms with Crippen molar-refractivity contribution in [3.63, 3.8) is 0 Å². The first-order valence-electron chi connectivity index (χ1n) is 6.11. The number of rotatable bonds is 5. The zero-order valence-electron chi connectivity index (χ0n) is 11.0. The molecule has 2 amide bonds. The average molecular weight is 273 g/mol. The van der Waals surface area contributed by atoms with Crippen molar-refractivity contribution >= 4 is 11.8 Å². The summed E-state index contributed by atoms with van der Waals surface area (Å²) < 4.78 is 0. The standard InChI is InChI=1S/C13H15N5O2/c1-9(19)17-11(12-15-8-16-18-12)13(20)14-7-10-5-3-2-4-6-10/h2-6,8,11H,7H2,1H3,(H,14,20)(H,17,19)(H,15,16,18). The summed E-state index contributed by atoms with van der Waals surface area (Å²) in [5, 5.41) is 11.6. The first kappa shape index (κ1) is 13.7. The predicted octanol–water partition coefficient (Wildman–Crippen LogP) is 0.298. The van der Waals surface area contributed by atoms with Crippen LogP contribution in [-0.4, -0.2) is 27.0 Å². The lowest BCUT2D eigenvalue weighted by atomic mass is 10.2. The second-order valence-electron chi connectivity index (χ2n) is 4.21. The van der Waals surface area contributed by atoms with E-state index in [1.54, 1.807) is 0 Å². The van der Waals surface area contributed by atoms with E-state index in [2.05, 4.69) is 25.8 Å². The number of aromatic amines is 1. The molecule has 0 aliphatic rings. The fourth-order valence-corrected chi connectivity index (χ4v) is 1.70. The number of carbonyl (C=O) groups excluding carboxylic acids is 2. The van der Waals surface area contributed by atoms with Crippen LogP contribution in [-0.2, 0) is 16.1 Å². The van der Waals surface area contributed by atoms with Crippen LogP contribution in [0.1, 0.15) is 24.4 Å². The SMILES string of the molecule is CC(=O)NC(C(=O)NCc1ccccc1)c1ncn[nH]1. The maximum Gasteiger partial charge on any atom is 0.250 e. The molecule has 0 aliphatic heterocycles. The van der Waals surface area contributed by atoms with E-state index in [1.807, 2.05) is 30.3 Å². The van der Waals surface area contributed by atoms with Gasteiger partial charge in [-0.1, -0.05) is 30.3 Å². The molecule has 1 aromatic heterocycles. The first-order valence-corrected chi connectivity index (χ1v) is 6.11. The topological polar surface area (TPSA) is 99.8 Å². The number of hydrogen-bond acceptors (Lipinski definition) is 4. The molecule has 2 aromatic rings. The molecule has 0 fully saturated rings. The van der Waals surface area contributed by atoms with E-state index >= 15 is 0 Å². The van der Waals surface area contributed by atoms with Gasteiger partial charge < -0.3 is 10.6 Å². The molecule has 0 radical (unpaired) electrons. The maximum atomic E-state index is 12.1. The Kier molecular flexibility index (Phi) is 4.43. The number of nitrogens with zero attached hydrogens (tertiary/aromatic N) is 2. The Balaban J connectivity index is 2.02. The van der Waals surface area contributed by atoms with Crippen LogP contribution in [0.25, 0.3) is 0 Å². The molecule has 0 aliphatic carbocycles. The van der Waals surface area contributed by atoms with Crippen LogP contribution in [0.4, 0.5) is 0 Å². The van der Waals surface area contributed by atoms with Crippen LogP contribution >= 0.6 is 0 Å². The van der Waals surface area contributed by atoms with Crippen LogP contribution in [0.15, 0.2) is 36.7 Å². The third-order valence-corrected chi connectivity index (χ3v) is 2.63. The number of hydrogen-bond donors (Lipinski definition) is 3. The molecule has 0 saturated carbocycles. The highest BCUT2D eigenvalue weighted by molar-refractivity contribution is 5.87. The molecule has 0 bridgehead atoms. The smallest absolute Gasteiger partial charge is 0.250 e. The van der Waals surface area contributed by atoms with Crippen molar-refractivity contribution in [3.05, 3.63) is 48.0 Å². The van der Waals surface area contributed by atoms with E-state index in [-0.39, 0.29) is 11.8 Å². The highest BCUT2D eigenvalue weighted by Gasteiger charge is 2.23. The lowest BCUT2D eigenvalue weighted by Crippen LogP contribution is -2.39. The molecule has 0 spiro atoms. The summed E-state index contributed by atoms with van der Waals surface area (Å²) in [6.45, 7) is 1.72. The van der Waals surface area contributed by atoms with Crippen molar-refractivity contribution < 1.29 is 9.59 Å². The summed E-state index contributed by atoms with van der Waals surface area (Å²) in [6, 6.07) is 8.62. The minimum atomic E-state index is -0.876. The van der Waals surface area contributed by atoms with Gasteiger partial charge in [0.1, 0.15) is 6.33 Å². The van der Waals surface area contributed by atoms with Crippen molar-refractivity contribution in [2.75, 3.05) is 0 Å². The molecule has 20 heavy (non-hydrogen) atoms. The molecule has 0 saturated heterocycles. The Hall–Kier alpha value is -2.70. The number of nitrogens with one attached hydrogen (secondary N) is 3. The van der Waals surface area contributed by atoms with Gasteiger partial charge in [-0.15, -0.1) is 0 Å². The van der Waals surface area contributed by atoms with Gasteiger partial charge in [0.05, 0.1) is 0 Å². The van der Waals surface area contributed by atoms with Crippen molar-refractivity contribution in [1.82, 2.24) is 25.8 Å². The van der Waals surface area contributed by atoms with Crippen LogP contribution in [0.2, 0.25) is 0 Å². The maximum absolute atomic E-state index is 12.1. The zero-order chi connectivity index (χ0) is 14.4. The number of carbonyl (C=O) groups is 2. The molecular formula is C13H15N5O2. The minimum absolute atomic E-state index is 0.297. The summed E-state index contributed by atoms with van der Waals surface area (Å²) >= 11 is 0. The van der Waals surface area contributed by atoms with Gasteiger partial charge in [0.2, 0.25) is 5.91 Å². The molecular weight excluding hydrogens is 258 g/mol. The van der Waals surface area contributed by atoms with E-state index in [9.17, 15) is 9.59 Å². The molecule has 1 heterocycles. The molecule has 104 valence electrons. The number of benzene rings is 1. The molecule has 3 N–H and O–H groups in total. The van der Waals surface area contributed by atoms with Crippen molar-refractivity contribution in [2.24, 2.45) is 0 Å². The number of aromatic nitrogens is 3. The fourth-order valence-electron chi connectivity index (χ4n) is 1.70. The van der Waals surface area contributed by atoms with Gasteiger partial charge in [-0.25, -0.2) is 4.98 Å². The van der Waals surface area contributed by atoms with Gasteiger partial charge in [0, 0.05) is 13.5 Å². The molecule has 1 aromatic carbocycles. The Labute approximate surface area is 115 Å². The summed E-state index contributed by atoms with van der Waals surface area (Å²) in [4.78, 5) is 27.2. The van der Waals surface area contributed by atoms with E-state index in [4.69, 9.17) is 0 Å². The lowest BCUT2D eigenvalue weighted by Gasteiger charge is -2.15. The third-order valence-electron chi connectivity index (χ3n) is 2.63. The lowest BCUT2D eigenvalue weighted by molar-refractivity contribution is -0.128. The van der Waals surface area contributed by atoms with Crippen LogP contribution in [0.3, 0.4) is 0 Å². The van der Waals surface area contributed by atoms with Gasteiger partial charge in [-0.3, -0.25) is 14.7 Å². The minimum Gasteiger partial charge on any atom is -0.350 e. The van der Waals surface area contributed by atoms with Crippen LogP contribution in [0.5, 0.6) is 0 Å². The molecule has 2 rings (SSSR count). The molecule has 1 atom stereocenters. The summed E-state index contributed by atoms with van der Waals surface area (Å²) in [5.74, 6) is -0.368. The number of H-pyrrole nitrogens is 1. The van der Waals surface area contributed by atoms with Crippen LogP contribution in [0, 0.1) is 0 Å². The van der Waals surface area contributed by atoms with E-state index in [1.165, 1.54) is 13.3 Å². The quantitative estimate of drug-likeness (QED) is 0.729. The van der Waals surface area contributed by atoms with Gasteiger partial charge in [-0.2, -0.15) is 5.10 Å². The van der Waals surface area contributed by atoms with Crippen LogP contribution < -0.4 is 10.6 Å². The average Bonchev–Trinajstić information content (AvgIpc) is 2.97. The Morgan fingerprint density at radius 3 is 2.65 bits per heavy atom. The second kappa shape index (κ2) is 6.46. The Morgan fingerprint density at radius 1 is 1.30 bits per heavy atom. The van der Waals surface area contributed by atoms with Crippen molar-refractivity contribution in [2.45, 2.75) is 19.5 Å². The third kappa shape index (κ3) is 3.64. The Bertz CT molecular complexity index is 568. The summed E-state index contributed by atoms with van der Waals surface area (Å²) in [6.07, 6.45) is 1.29. The normalized spacial score (nSPS) is 11.7.